The minimum Gasteiger partial charge on any atom is -0.308 e. The summed E-state index contributed by atoms with van der Waals surface area (Å²) < 4.78 is 4.11. The molecule has 5 heteroatoms. The van der Waals surface area contributed by atoms with Gasteiger partial charge in [0.2, 0.25) is 0 Å². The third kappa shape index (κ3) is 2.23. The van der Waals surface area contributed by atoms with Gasteiger partial charge in [-0.25, -0.2) is 4.31 Å². The fraction of sp³-hybridized carbons (Fsp3) is 0.692. The van der Waals surface area contributed by atoms with Gasteiger partial charge in [0.15, 0.2) is 0 Å². The second kappa shape index (κ2) is 5.13. The van der Waals surface area contributed by atoms with Gasteiger partial charge >= 0.3 is 0 Å². The van der Waals surface area contributed by atoms with Crippen molar-refractivity contribution in [1.29, 1.82) is 0 Å². The summed E-state index contributed by atoms with van der Waals surface area (Å²) in [6, 6.07) is 3.59. The summed E-state index contributed by atoms with van der Waals surface area (Å²) in [6.07, 6.45) is 0. The van der Waals surface area contributed by atoms with Gasteiger partial charge in [-0.3, -0.25) is 4.90 Å². The van der Waals surface area contributed by atoms with Crippen molar-refractivity contribution in [1.82, 2.24) is 14.1 Å². The molecule has 3 atom stereocenters. The highest BCUT2D eigenvalue weighted by Crippen LogP contribution is 2.46. The lowest BCUT2D eigenvalue weighted by molar-refractivity contribution is 0.0701. The third-order valence-corrected chi connectivity index (χ3v) is 6.16. The van der Waals surface area contributed by atoms with E-state index in [1.165, 1.54) is 17.3 Å². The van der Waals surface area contributed by atoms with Crippen molar-refractivity contribution in [3.8, 4) is 0 Å². The first kappa shape index (κ1) is 12.9. The number of rotatable bonds is 3. The monoisotopic (exact) mass is 283 g/mol. The quantitative estimate of drug-likeness (QED) is 0.788. The molecule has 100 valence electrons. The molecular weight excluding hydrogens is 262 g/mol. The van der Waals surface area contributed by atoms with Crippen LogP contribution in [0.3, 0.4) is 0 Å². The van der Waals surface area contributed by atoms with Crippen LogP contribution in [0.4, 0.5) is 0 Å². The molecule has 3 rings (SSSR count). The fourth-order valence-corrected chi connectivity index (χ4v) is 5.31. The van der Waals surface area contributed by atoms with Crippen molar-refractivity contribution >= 4 is 23.3 Å². The van der Waals surface area contributed by atoms with Gasteiger partial charge in [-0.15, -0.1) is 11.3 Å². The highest BCUT2D eigenvalue weighted by Gasteiger charge is 2.39. The lowest BCUT2D eigenvalue weighted by Crippen LogP contribution is -2.56. The lowest BCUT2D eigenvalue weighted by atomic mass is 10.0. The molecule has 1 saturated heterocycles. The predicted octanol–water partition coefficient (Wildman–Crippen LogP) is 2.38. The summed E-state index contributed by atoms with van der Waals surface area (Å²) in [4.78, 5) is 4.96. The Labute approximate surface area is 118 Å². The Morgan fingerprint density at radius 1 is 1.39 bits per heavy atom. The molecule has 0 saturated carbocycles. The first-order chi connectivity index (χ1) is 8.69. The molecule has 1 aromatic heterocycles. The molecular formula is C13H21N3S2. The molecule has 1 aromatic rings. The standard InChI is InChI=1S/C13H21N3S2/c1-4-15-8-10(7-14(2)3)16-9-12(15)11-5-6-17-13(11)18-16/h5-6,10,12H,4,7-9H2,1-3H3. The number of likely N-dealkylation sites (N-methyl/N-ethyl adjacent to an activating group) is 2. The van der Waals surface area contributed by atoms with E-state index in [2.05, 4.69) is 46.6 Å². The minimum atomic E-state index is 0.621. The molecule has 3 heterocycles. The van der Waals surface area contributed by atoms with Crippen LogP contribution in [0.25, 0.3) is 0 Å². The highest BCUT2D eigenvalue weighted by molar-refractivity contribution is 7.99. The largest absolute Gasteiger partial charge is 0.308 e. The van der Waals surface area contributed by atoms with Crippen LogP contribution in [-0.4, -0.2) is 60.4 Å². The summed E-state index contributed by atoms with van der Waals surface area (Å²) in [5, 5.41) is 2.24. The van der Waals surface area contributed by atoms with E-state index in [4.69, 9.17) is 0 Å². The SMILES string of the molecule is CCN1CC(CN(C)C)N2CC1c1ccsc1S2. The van der Waals surface area contributed by atoms with Crippen molar-refractivity contribution in [2.24, 2.45) is 0 Å². The molecule has 0 amide bonds. The van der Waals surface area contributed by atoms with Crippen molar-refractivity contribution in [3.05, 3.63) is 17.0 Å². The molecule has 0 aliphatic carbocycles. The van der Waals surface area contributed by atoms with Crippen LogP contribution >= 0.6 is 23.3 Å². The third-order valence-electron chi connectivity index (χ3n) is 3.85. The van der Waals surface area contributed by atoms with E-state index in [9.17, 15) is 0 Å². The van der Waals surface area contributed by atoms with Crippen molar-refractivity contribution < 1.29 is 0 Å². The number of piperazine rings is 1. The van der Waals surface area contributed by atoms with E-state index in [0.717, 1.165) is 13.1 Å². The number of fused-ring (bicyclic) bond motifs is 4. The van der Waals surface area contributed by atoms with E-state index in [-0.39, 0.29) is 0 Å². The predicted molar refractivity (Wildman–Crippen MR) is 79.2 cm³/mol. The number of hydrogen-bond acceptors (Lipinski definition) is 5. The van der Waals surface area contributed by atoms with E-state index in [1.54, 1.807) is 5.56 Å². The van der Waals surface area contributed by atoms with Gasteiger partial charge in [0.25, 0.3) is 0 Å². The van der Waals surface area contributed by atoms with E-state index in [1.807, 2.05) is 23.3 Å². The summed E-state index contributed by atoms with van der Waals surface area (Å²) >= 11 is 3.88. The van der Waals surface area contributed by atoms with Gasteiger partial charge in [0.05, 0.1) is 10.3 Å². The average Bonchev–Trinajstić information content (AvgIpc) is 2.80. The van der Waals surface area contributed by atoms with Crippen molar-refractivity contribution in [2.45, 2.75) is 23.2 Å². The Morgan fingerprint density at radius 3 is 2.94 bits per heavy atom. The highest BCUT2D eigenvalue weighted by atomic mass is 32.2. The van der Waals surface area contributed by atoms with Gasteiger partial charge in [-0.2, -0.15) is 0 Å². The average molecular weight is 283 g/mol. The zero-order valence-corrected chi connectivity index (χ0v) is 12.9. The van der Waals surface area contributed by atoms with Crippen LogP contribution in [0.2, 0.25) is 0 Å². The summed E-state index contributed by atoms with van der Waals surface area (Å²) in [5.74, 6) is 0. The Bertz CT molecular complexity index is 418. The van der Waals surface area contributed by atoms with Crippen LogP contribution in [0, 0.1) is 0 Å². The first-order valence-corrected chi connectivity index (χ1v) is 8.25. The summed E-state index contributed by atoms with van der Waals surface area (Å²) in [5.41, 5.74) is 1.56. The summed E-state index contributed by atoms with van der Waals surface area (Å²) in [7, 11) is 4.35. The van der Waals surface area contributed by atoms with Crippen LogP contribution in [0.15, 0.2) is 15.7 Å². The van der Waals surface area contributed by atoms with E-state index >= 15 is 0 Å². The van der Waals surface area contributed by atoms with Crippen molar-refractivity contribution in [2.75, 3.05) is 40.3 Å². The van der Waals surface area contributed by atoms with Crippen LogP contribution in [0.1, 0.15) is 18.5 Å². The molecule has 1 fully saturated rings. The van der Waals surface area contributed by atoms with E-state index in [0.29, 0.717) is 12.1 Å². The Kier molecular flexibility index (Phi) is 3.69. The van der Waals surface area contributed by atoms with Crippen molar-refractivity contribution in [3.63, 3.8) is 0 Å². The van der Waals surface area contributed by atoms with Crippen LogP contribution in [-0.2, 0) is 0 Å². The molecule has 18 heavy (non-hydrogen) atoms. The van der Waals surface area contributed by atoms with Gasteiger partial charge in [0.1, 0.15) is 0 Å². The Balaban J connectivity index is 1.87. The molecule has 0 spiro atoms. The minimum absolute atomic E-state index is 0.621. The van der Waals surface area contributed by atoms with Gasteiger partial charge in [-0.1, -0.05) is 6.92 Å². The van der Waals surface area contributed by atoms with E-state index < -0.39 is 0 Å². The molecule has 0 radical (unpaired) electrons. The zero-order chi connectivity index (χ0) is 12.7. The van der Waals surface area contributed by atoms with Gasteiger partial charge in [0, 0.05) is 25.7 Å². The molecule has 2 aliphatic rings. The second-order valence-corrected chi connectivity index (χ2v) is 7.61. The smallest absolute Gasteiger partial charge is 0.0801 e. The number of hydrogen-bond donors (Lipinski definition) is 0. The summed E-state index contributed by atoms with van der Waals surface area (Å²) in [6.45, 7) is 6.97. The normalized spacial score (nSPS) is 31.7. The fourth-order valence-electron chi connectivity index (χ4n) is 2.98. The topological polar surface area (TPSA) is 9.72 Å². The Morgan fingerprint density at radius 2 is 2.22 bits per heavy atom. The maximum absolute atomic E-state index is 2.65. The molecule has 0 aromatic carbocycles. The maximum Gasteiger partial charge on any atom is 0.0801 e. The zero-order valence-electron chi connectivity index (χ0n) is 11.3. The molecule has 2 aliphatic heterocycles. The molecule has 3 unspecified atom stereocenters. The number of thiophene rings is 1. The molecule has 3 nitrogen and oxygen atoms in total. The second-order valence-electron chi connectivity index (χ2n) is 5.37. The number of nitrogens with zero attached hydrogens (tertiary/aromatic N) is 3. The van der Waals surface area contributed by atoms with Gasteiger partial charge < -0.3 is 4.90 Å². The lowest BCUT2D eigenvalue weighted by Gasteiger charge is -2.48. The molecule has 2 bridgehead atoms. The van der Waals surface area contributed by atoms with Crippen LogP contribution < -0.4 is 0 Å². The first-order valence-electron chi connectivity index (χ1n) is 6.59. The van der Waals surface area contributed by atoms with Gasteiger partial charge in [-0.05, 0) is 49.6 Å². The Hall–Kier alpha value is -0.0700. The maximum atomic E-state index is 2.65. The van der Waals surface area contributed by atoms with Crippen LogP contribution in [0.5, 0.6) is 0 Å². The molecule has 0 N–H and O–H groups in total.